The second-order valence-electron chi connectivity index (χ2n) is 5.22. The van der Waals surface area contributed by atoms with Crippen molar-refractivity contribution in [1.29, 1.82) is 0 Å². The number of rotatable bonds is 6. The SMILES string of the molecule is CCCN(C(=O)Cc1ccccc1OC)[C@H]1CCNC1. The molecule has 0 spiro atoms. The van der Waals surface area contributed by atoms with Crippen LogP contribution in [0.2, 0.25) is 0 Å². The number of carbonyl (C=O) groups is 1. The Morgan fingerprint density at radius 3 is 2.90 bits per heavy atom. The molecule has 110 valence electrons. The molecule has 1 saturated heterocycles. The lowest BCUT2D eigenvalue weighted by atomic mass is 10.1. The van der Waals surface area contributed by atoms with Gasteiger partial charge in [0.05, 0.1) is 13.5 Å². The van der Waals surface area contributed by atoms with Crippen molar-refractivity contribution in [2.24, 2.45) is 0 Å². The third kappa shape index (κ3) is 3.51. The van der Waals surface area contributed by atoms with Gasteiger partial charge in [-0.2, -0.15) is 0 Å². The Labute approximate surface area is 121 Å². The number of nitrogens with one attached hydrogen (secondary N) is 1. The molecule has 1 N–H and O–H groups in total. The van der Waals surface area contributed by atoms with Gasteiger partial charge in [-0.05, 0) is 25.5 Å². The normalized spacial score (nSPS) is 18.0. The first-order chi connectivity index (χ1) is 9.76. The van der Waals surface area contributed by atoms with Crippen molar-refractivity contribution < 1.29 is 9.53 Å². The van der Waals surface area contributed by atoms with Crippen molar-refractivity contribution >= 4 is 5.91 Å². The van der Waals surface area contributed by atoms with E-state index < -0.39 is 0 Å². The van der Waals surface area contributed by atoms with Crippen molar-refractivity contribution in [3.05, 3.63) is 29.8 Å². The third-order valence-electron chi connectivity index (χ3n) is 3.79. The molecule has 4 nitrogen and oxygen atoms in total. The topological polar surface area (TPSA) is 41.6 Å². The molecule has 1 atom stereocenters. The molecule has 1 aromatic rings. The van der Waals surface area contributed by atoms with Crippen LogP contribution in [0.25, 0.3) is 0 Å². The van der Waals surface area contributed by atoms with E-state index in [1.165, 1.54) is 0 Å². The predicted molar refractivity (Wildman–Crippen MR) is 80.0 cm³/mol. The molecule has 1 aromatic carbocycles. The summed E-state index contributed by atoms with van der Waals surface area (Å²) in [5, 5.41) is 3.33. The second-order valence-corrected chi connectivity index (χ2v) is 5.22. The van der Waals surface area contributed by atoms with Gasteiger partial charge in [-0.15, -0.1) is 0 Å². The van der Waals surface area contributed by atoms with Gasteiger partial charge in [0.1, 0.15) is 5.75 Å². The highest BCUT2D eigenvalue weighted by Crippen LogP contribution is 2.20. The molecule has 1 aliphatic rings. The molecule has 1 amide bonds. The molecule has 20 heavy (non-hydrogen) atoms. The molecule has 2 rings (SSSR count). The van der Waals surface area contributed by atoms with E-state index >= 15 is 0 Å². The quantitative estimate of drug-likeness (QED) is 0.862. The smallest absolute Gasteiger partial charge is 0.227 e. The number of benzene rings is 1. The molecule has 0 saturated carbocycles. The van der Waals surface area contributed by atoms with Crippen LogP contribution in [-0.4, -0.2) is 43.6 Å². The number of hydrogen-bond donors (Lipinski definition) is 1. The van der Waals surface area contributed by atoms with Crippen LogP contribution in [0.15, 0.2) is 24.3 Å². The van der Waals surface area contributed by atoms with E-state index in [2.05, 4.69) is 12.2 Å². The Balaban J connectivity index is 2.07. The fraction of sp³-hybridized carbons (Fsp3) is 0.562. The molecule has 0 aromatic heterocycles. The number of amides is 1. The highest BCUT2D eigenvalue weighted by molar-refractivity contribution is 5.80. The van der Waals surface area contributed by atoms with Crippen molar-refractivity contribution in [3.8, 4) is 5.75 Å². The highest BCUT2D eigenvalue weighted by Gasteiger charge is 2.26. The van der Waals surface area contributed by atoms with Gasteiger partial charge >= 0.3 is 0 Å². The lowest BCUT2D eigenvalue weighted by Crippen LogP contribution is -2.42. The van der Waals surface area contributed by atoms with Gasteiger partial charge in [0.25, 0.3) is 0 Å². The molecular formula is C16H24N2O2. The third-order valence-corrected chi connectivity index (χ3v) is 3.79. The van der Waals surface area contributed by atoms with E-state index in [0.717, 1.165) is 43.8 Å². The van der Waals surface area contributed by atoms with E-state index in [1.807, 2.05) is 29.2 Å². The number of hydrogen-bond acceptors (Lipinski definition) is 3. The zero-order chi connectivity index (χ0) is 14.4. The maximum atomic E-state index is 12.6. The Hall–Kier alpha value is -1.55. The summed E-state index contributed by atoms with van der Waals surface area (Å²) >= 11 is 0. The number of carbonyl (C=O) groups excluding carboxylic acids is 1. The largest absolute Gasteiger partial charge is 0.496 e. The fourth-order valence-corrected chi connectivity index (χ4v) is 2.77. The first-order valence-corrected chi connectivity index (χ1v) is 7.38. The van der Waals surface area contributed by atoms with Gasteiger partial charge in [-0.3, -0.25) is 4.79 Å². The first kappa shape index (κ1) is 14.9. The van der Waals surface area contributed by atoms with Crippen molar-refractivity contribution in [1.82, 2.24) is 10.2 Å². The van der Waals surface area contributed by atoms with Crippen LogP contribution >= 0.6 is 0 Å². The van der Waals surface area contributed by atoms with Gasteiger partial charge in [-0.25, -0.2) is 0 Å². The van der Waals surface area contributed by atoms with Gasteiger partial charge in [0, 0.05) is 24.7 Å². The maximum Gasteiger partial charge on any atom is 0.227 e. The molecule has 1 aliphatic heterocycles. The summed E-state index contributed by atoms with van der Waals surface area (Å²) in [6.07, 6.45) is 2.46. The minimum absolute atomic E-state index is 0.199. The van der Waals surface area contributed by atoms with Crippen LogP contribution in [-0.2, 0) is 11.2 Å². The van der Waals surface area contributed by atoms with E-state index in [-0.39, 0.29) is 5.91 Å². The van der Waals surface area contributed by atoms with E-state index in [0.29, 0.717) is 12.5 Å². The molecule has 0 radical (unpaired) electrons. The van der Waals surface area contributed by atoms with Gasteiger partial charge in [0.2, 0.25) is 5.91 Å². The van der Waals surface area contributed by atoms with Crippen LogP contribution in [0.5, 0.6) is 5.75 Å². The Morgan fingerprint density at radius 1 is 1.45 bits per heavy atom. The number of ether oxygens (including phenoxy) is 1. The minimum atomic E-state index is 0.199. The summed E-state index contributed by atoms with van der Waals surface area (Å²) in [6.45, 7) is 4.87. The lowest BCUT2D eigenvalue weighted by molar-refractivity contribution is -0.132. The maximum absolute atomic E-state index is 12.6. The Kier molecular flexibility index (Phi) is 5.41. The lowest BCUT2D eigenvalue weighted by Gasteiger charge is -2.28. The van der Waals surface area contributed by atoms with Crippen LogP contribution in [0.1, 0.15) is 25.3 Å². The summed E-state index contributed by atoms with van der Waals surface area (Å²) in [6, 6.07) is 8.10. The molecule has 0 aliphatic carbocycles. The zero-order valence-electron chi connectivity index (χ0n) is 12.4. The van der Waals surface area contributed by atoms with Crippen molar-refractivity contribution in [2.75, 3.05) is 26.7 Å². The standard InChI is InChI=1S/C16H24N2O2/c1-3-10-18(14-8-9-17-12-14)16(19)11-13-6-4-5-7-15(13)20-2/h4-7,14,17H,3,8-12H2,1-2H3/t14-/m0/s1. The molecular weight excluding hydrogens is 252 g/mol. The van der Waals surface area contributed by atoms with Crippen LogP contribution in [0.4, 0.5) is 0 Å². The monoisotopic (exact) mass is 276 g/mol. The van der Waals surface area contributed by atoms with E-state index in [9.17, 15) is 4.79 Å². The molecule has 4 heteroatoms. The number of para-hydroxylation sites is 1. The average Bonchev–Trinajstić information content (AvgIpc) is 2.99. The van der Waals surface area contributed by atoms with Crippen molar-refractivity contribution in [3.63, 3.8) is 0 Å². The number of nitrogens with zero attached hydrogens (tertiary/aromatic N) is 1. The summed E-state index contributed by atoms with van der Waals surface area (Å²) in [4.78, 5) is 14.6. The Bertz CT molecular complexity index is 442. The van der Waals surface area contributed by atoms with Gasteiger partial charge < -0.3 is 15.0 Å². The summed E-state index contributed by atoms with van der Waals surface area (Å²) < 4.78 is 5.33. The van der Waals surface area contributed by atoms with Crippen LogP contribution < -0.4 is 10.1 Å². The summed E-state index contributed by atoms with van der Waals surface area (Å²) in [5.74, 6) is 0.992. The Morgan fingerprint density at radius 2 is 2.25 bits per heavy atom. The van der Waals surface area contributed by atoms with Crippen LogP contribution in [0.3, 0.4) is 0 Å². The van der Waals surface area contributed by atoms with Crippen molar-refractivity contribution in [2.45, 2.75) is 32.2 Å². The van der Waals surface area contributed by atoms with E-state index in [4.69, 9.17) is 4.74 Å². The minimum Gasteiger partial charge on any atom is -0.496 e. The molecule has 1 fully saturated rings. The first-order valence-electron chi connectivity index (χ1n) is 7.38. The molecule has 1 heterocycles. The zero-order valence-corrected chi connectivity index (χ0v) is 12.4. The molecule has 0 bridgehead atoms. The van der Waals surface area contributed by atoms with Gasteiger partial charge in [-0.1, -0.05) is 25.1 Å². The average molecular weight is 276 g/mol. The molecule has 0 unspecified atom stereocenters. The van der Waals surface area contributed by atoms with E-state index in [1.54, 1.807) is 7.11 Å². The summed E-state index contributed by atoms with van der Waals surface area (Å²) in [5.41, 5.74) is 0.965. The highest BCUT2D eigenvalue weighted by atomic mass is 16.5. The fourth-order valence-electron chi connectivity index (χ4n) is 2.77. The van der Waals surface area contributed by atoms with Gasteiger partial charge in [0.15, 0.2) is 0 Å². The summed E-state index contributed by atoms with van der Waals surface area (Å²) in [7, 11) is 1.65. The number of methoxy groups -OCH3 is 1. The van der Waals surface area contributed by atoms with Crippen LogP contribution in [0, 0.1) is 0 Å². The predicted octanol–water partition coefficient (Wildman–Crippen LogP) is 1.84. The second kappa shape index (κ2) is 7.29.